The fourth-order valence-corrected chi connectivity index (χ4v) is 6.12. The first-order chi connectivity index (χ1) is 16.0. The van der Waals surface area contributed by atoms with Crippen LogP contribution in [0.5, 0.6) is 0 Å². The van der Waals surface area contributed by atoms with Crippen molar-refractivity contribution in [2.45, 2.75) is 89.5 Å². The Bertz CT molecular complexity index is 1070. The zero-order valence-corrected chi connectivity index (χ0v) is 21.1. The molecule has 1 heterocycles. The second-order valence-electron chi connectivity index (χ2n) is 9.65. The lowest BCUT2D eigenvalue weighted by Crippen LogP contribution is -2.43. The summed E-state index contributed by atoms with van der Waals surface area (Å²) in [5, 5.41) is 12.7. The standard InChI is InChI=1S/C27H36N4OS/c1-19(2)30(20(3)4)26(32)18-33-27-29-28-25(31(27)23-14-6-5-7-15-23)17-22-13-10-12-21-11-8-9-16-24(21)22/h8-13,16,19-20,23H,5-7,14-15,17-18H2,1-4H3. The summed E-state index contributed by atoms with van der Waals surface area (Å²) in [4.78, 5) is 14.9. The van der Waals surface area contributed by atoms with Crippen molar-refractivity contribution in [2.24, 2.45) is 0 Å². The van der Waals surface area contributed by atoms with Crippen LogP contribution in [0.15, 0.2) is 47.6 Å². The van der Waals surface area contributed by atoms with Gasteiger partial charge in [0.05, 0.1) is 5.75 Å². The Kier molecular flexibility index (Phi) is 7.74. The molecular formula is C27H36N4OS. The van der Waals surface area contributed by atoms with Gasteiger partial charge in [0.1, 0.15) is 5.82 Å². The fourth-order valence-electron chi connectivity index (χ4n) is 5.22. The van der Waals surface area contributed by atoms with Crippen LogP contribution < -0.4 is 0 Å². The van der Waals surface area contributed by atoms with E-state index in [1.807, 2.05) is 4.90 Å². The average Bonchev–Trinajstić information content (AvgIpc) is 3.20. The van der Waals surface area contributed by atoms with Gasteiger partial charge in [-0.1, -0.05) is 73.5 Å². The third kappa shape index (κ3) is 5.43. The first kappa shape index (κ1) is 23.8. The van der Waals surface area contributed by atoms with Crippen LogP contribution in [0.1, 0.15) is 77.2 Å². The van der Waals surface area contributed by atoms with Gasteiger partial charge in [-0.25, -0.2) is 0 Å². The van der Waals surface area contributed by atoms with E-state index in [4.69, 9.17) is 0 Å². The maximum absolute atomic E-state index is 13.0. The predicted octanol–water partition coefficient (Wildman–Crippen LogP) is 6.26. The Morgan fingerprint density at radius 3 is 2.42 bits per heavy atom. The minimum Gasteiger partial charge on any atom is -0.337 e. The van der Waals surface area contributed by atoms with E-state index in [0.29, 0.717) is 11.8 Å². The van der Waals surface area contributed by atoms with Crippen LogP contribution in [0, 0.1) is 0 Å². The van der Waals surface area contributed by atoms with E-state index < -0.39 is 0 Å². The van der Waals surface area contributed by atoms with E-state index >= 15 is 0 Å². The van der Waals surface area contributed by atoms with Crippen LogP contribution in [0.4, 0.5) is 0 Å². The molecule has 0 spiro atoms. The van der Waals surface area contributed by atoms with E-state index in [1.54, 1.807) is 11.8 Å². The summed E-state index contributed by atoms with van der Waals surface area (Å²) >= 11 is 1.55. The van der Waals surface area contributed by atoms with Crippen LogP contribution in [0.3, 0.4) is 0 Å². The molecule has 4 rings (SSSR count). The SMILES string of the molecule is CC(C)N(C(=O)CSc1nnc(Cc2cccc3ccccc23)n1C1CCCCC1)C(C)C. The third-order valence-electron chi connectivity index (χ3n) is 6.63. The number of amides is 1. The monoisotopic (exact) mass is 464 g/mol. The second-order valence-corrected chi connectivity index (χ2v) is 10.6. The van der Waals surface area contributed by atoms with Gasteiger partial charge in [-0.05, 0) is 56.9 Å². The van der Waals surface area contributed by atoms with Gasteiger partial charge < -0.3 is 9.47 Å². The smallest absolute Gasteiger partial charge is 0.233 e. The lowest BCUT2D eigenvalue weighted by molar-refractivity contribution is -0.131. The van der Waals surface area contributed by atoms with Crippen molar-refractivity contribution in [3.05, 3.63) is 53.9 Å². The summed E-state index contributed by atoms with van der Waals surface area (Å²) in [6.07, 6.45) is 6.86. The number of benzene rings is 2. The lowest BCUT2D eigenvalue weighted by atomic mass is 9.95. The van der Waals surface area contributed by atoms with Gasteiger partial charge in [-0.2, -0.15) is 0 Å². The normalized spacial score (nSPS) is 15.0. The van der Waals surface area contributed by atoms with Crippen molar-refractivity contribution in [3.63, 3.8) is 0 Å². The Labute approximate surface area is 202 Å². The number of nitrogens with zero attached hydrogens (tertiary/aromatic N) is 4. The van der Waals surface area contributed by atoms with E-state index in [9.17, 15) is 4.79 Å². The Balaban J connectivity index is 1.61. The first-order valence-corrected chi connectivity index (χ1v) is 13.3. The number of hydrogen-bond acceptors (Lipinski definition) is 4. The van der Waals surface area contributed by atoms with Crippen LogP contribution in [-0.4, -0.2) is 43.4 Å². The van der Waals surface area contributed by atoms with Crippen molar-refractivity contribution in [3.8, 4) is 0 Å². The maximum atomic E-state index is 13.0. The molecule has 1 aromatic heterocycles. The molecule has 1 fully saturated rings. The largest absolute Gasteiger partial charge is 0.337 e. The van der Waals surface area contributed by atoms with Crippen LogP contribution in [0.2, 0.25) is 0 Å². The van der Waals surface area contributed by atoms with Gasteiger partial charge in [0.2, 0.25) is 5.91 Å². The Morgan fingerprint density at radius 1 is 1.00 bits per heavy atom. The van der Waals surface area contributed by atoms with Crippen molar-refractivity contribution in [1.29, 1.82) is 0 Å². The molecule has 0 unspecified atom stereocenters. The van der Waals surface area contributed by atoms with Crippen LogP contribution in [-0.2, 0) is 11.2 Å². The molecule has 0 radical (unpaired) electrons. The van der Waals surface area contributed by atoms with Crippen LogP contribution >= 0.6 is 11.8 Å². The van der Waals surface area contributed by atoms with Gasteiger partial charge >= 0.3 is 0 Å². The van der Waals surface area contributed by atoms with Gasteiger partial charge in [0, 0.05) is 24.5 Å². The van der Waals surface area contributed by atoms with Gasteiger partial charge in [-0.15, -0.1) is 10.2 Å². The number of carbonyl (C=O) groups is 1. The second kappa shape index (κ2) is 10.7. The number of carbonyl (C=O) groups excluding carboxylic acids is 1. The molecule has 2 aromatic carbocycles. The molecule has 0 saturated heterocycles. The van der Waals surface area contributed by atoms with E-state index in [1.165, 1.54) is 35.6 Å². The van der Waals surface area contributed by atoms with E-state index in [2.05, 4.69) is 84.9 Å². The van der Waals surface area contributed by atoms with Crippen molar-refractivity contribution < 1.29 is 4.79 Å². The molecule has 33 heavy (non-hydrogen) atoms. The summed E-state index contributed by atoms with van der Waals surface area (Å²) in [7, 11) is 0. The molecule has 6 heteroatoms. The highest BCUT2D eigenvalue weighted by Gasteiger charge is 2.26. The highest BCUT2D eigenvalue weighted by atomic mass is 32.2. The topological polar surface area (TPSA) is 51.0 Å². The molecule has 0 bridgehead atoms. The molecule has 0 aliphatic heterocycles. The summed E-state index contributed by atoms with van der Waals surface area (Å²) in [6.45, 7) is 8.32. The average molecular weight is 465 g/mol. The molecular weight excluding hydrogens is 428 g/mol. The number of aromatic nitrogens is 3. The zero-order valence-electron chi connectivity index (χ0n) is 20.3. The van der Waals surface area contributed by atoms with E-state index in [-0.39, 0.29) is 18.0 Å². The van der Waals surface area contributed by atoms with Crippen molar-refractivity contribution >= 4 is 28.4 Å². The quantitative estimate of drug-likeness (QED) is 0.369. The van der Waals surface area contributed by atoms with Gasteiger partial charge in [-0.3, -0.25) is 4.79 Å². The number of hydrogen-bond donors (Lipinski definition) is 0. The molecule has 1 aliphatic rings. The summed E-state index contributed by atoms with van der Waals surface area (Å²) in [5.74, 6) is 1.58. The molecule has 0 atom stereocenters. The summed E-state index contributed by atoms with van der Waals surface area (Å²) < 4.78 is 2.36. The highest BCUT2D eigenvalue weighted by molar-refractivity contribution is 7.99. The number of thioether (sulfide) groups is 1. The van der Waals surface area contributed by atoms with Crippen LogP contribution in [0.25, 0.3) is 10.8 Å². The molecule has 1 aliphatic carbocycles. The number of fused-ring (bicyclic) bond motifs is 1. The summed E-state index contributed by atoms with van der Waals surface area (Å²) in [6, 6.07) is 15.8. The molecule has 176 valence electrons. The first-order valence-electron chi connectivity index (χ1n) is 12.3. The van der Waals surface area contributed by atoms with E-state index in [0.717, 1.165) is 30.2 Å². The minimum absolute atomic E-state index is 0.166. The highest BCUT2D eigenvalue weighted by Crippen LogP contribution is 2.34. The maximum Gasteiger partial charge on any atom is 0.233 e. The molecule has 1 saturated carbocycles. The Morgan fingerprint density at radius 2 is 1.70 bits per heavy atom. The Hall–Kier alpha value is -2.34. The molecule has 3 aromatic rings. The third-order valence-corrected chi connectivity index (χ3v) is 7.56. The minimum atomic E-state index is 0.166. The summed E-state index contributed by atoms with van der Waals surface area (Å²) in [5.41, 5.74) is 1.27. The molecule has 0 N–H and O–H groups in total. The van der Waals surface area contributed by atoms with Gasteiger partial charge in [0.25, 0.3) is 0 Å². The van der Waals surface area contributed by atoms with Gasteiger partial charge in [0.15, 0.2) is 5.16 Å². The number of rotatable bonds is 8. The van der Waals surface area contributed by atoms with Crippen molar-refractivity contribution in [2.75, 3.05) is 5.75 Å². The fraction of sp³-hybridized carbons (Fsp3) is 0.519. The molecule has 1 amide bonds. The molecule has 5 nitrogen and oxygen atoms in total. The predicted molar refractivity (Wildman–Crippen MR) is 137 cm³/mol. The lowest BCUT2D eigenvalue weighted by Gasteiger charge is -2.31. The van der Waals surface area contributed by atoms with Crippen molar-refractivity contribution in [1.82, 2.24) is 19.7 Å². The zero-order chi connectivity index (χ0) is 23.4.